The molecule has 0 spiro atoms. The maximum atomic E-state index is 5.58. The first-order valence-electron chi connectivity index (χ1n) is 5.57. The summed E-state index contributed by atoms with van der Waals surface area (Å²) < 4.78 is 5.58. The molecule has 0 saturated heterocycles. The zero-order chi connectivity index (χ0) is 11.3. The van der Waals surface area contributed by atoms with Gasteiger partial charge in [0, 0.05) is 11.8 Å². The van der Waals surface area contributed by atoms with Crippen molar-refractivity contribution in [3.05, 3.63) is 11.8 Å². The molecule has 0 aliphatic rings. The second kappa shape index (κ2) is 5.26. The summed E-state index contributed by atoms with van der Waals surface area (Å²) in [7, 11) is 0. The van der Waals surface area contributed by atoms with Gasteiger partial charge in [-0.2, -0.15) is 0 Å². The van der Waals surface area contributed by atoms with E-state index in [1.54, 1.807) is 0 Å². The van der Waals surface area contributed by atoms with Crippen LogP contribution in [0.5, 0.6) is 0 Å². The average molecular weight is 211 g/mol. The van der Waals surface area contributed by atoms with E-state index in [9.17, 15) is 0 Å². The van der Waals surface area contributed by atoms with Crippen LogP contribution in [0.15, 0.2) is 4.42 Å². The molecule has 0 aliphatic carbocycles. The lowest BCUT2D eigenvalue weighted by molar-refractivity contribution is 0.369. The molecular formula is C11H21N3O. The molecule has 0 unspecified atom stereocenters. The van der Waals surface area contributed by atoms with Crippen molar-refractivity contribution in [1.82, 2.24) is 15.5 Å². The van der Waals surface area contributed by atoms with E-state index < -0.39 is 0 Å². The number of rotatable bonds is 5. The van der Waals surface area contributed by atoms with E-state index in [4.69, 9.17) is 4.42 Å². The number of aromatic nitrogens is 2. The van der Waals surface area contributed by atoms with Crippen molar-refractivity contribution in [3.8, 4) is 0 Å². The summed E-state index contributed by atoms with van der Waals surface area (Å²) >= 11 is 0. The van der Waals surface area contributed by atoms with Gasteiger partial charge in [0.2, 0.25) is 11.8 Å². The smallest absolute Gasteiger partial charge is 0.221 e. The Morgan fingerprint density at radius 1 is 1.27 bits per heavy atom. The Hall–Kier alpha value is -0.900. The standard InChI is InChI=1S/C11H21N3O/c1-5-12-8-6-7-9-13-14-10(15-9)11(2,3)4/h12H,5-8H2,1-4H3. The lowest BCUT2D eigenvalue weighted by Gasteiger charge is -2.10. The van der Waals surface area contributed by atoms with Gasteiger partial charge < -0.3 is 9.73 Å². The fourth-order valence-corrected chi connectivity index (χ4v) is 1.20. The van der Waals surface area contributed by atoms with Gasteiger partial charge in [0.1, 0.15) is 0 Å². The molecule has 1 rings (SSSR count). The van der Waals surface area contributed by atoms with Crippen molar-refractivity contribution >= 4 is 0 Å². The van der Waals surface area contributed by atoms with Crippen LogP contribution < -0.4 is 5.32 Å². The summed E-state index contributed by atoms with van der Waals surface area (Å²) in [4.78, 5) is 0. The second-order valence-corrected chi connectivity index (χ2v) is 4.71. The summed E-state index contributed by atoms with van der Waals surface area (Å²) in [5.74, 6) is 1.47. The van der Waals surface area contributed by atoms with Crippen LogP contribution in [0.4, 0.5) is 0 Å². The molecule has 0 radical (unpaired) electrons. The highest BCUT2D eigenvalue weighted by Crippen LogP contribution is 2.20. The van der Waals surface area contributed by atoms with Crippen LogP contribution in [0.2, 0.25) is 0 Å². The Morgan fingerprint density at radius 2 is 2.00 bits per heavy atom. The zero-order valence-electron chi connectivity index (χ0n) is 10.1. The summed E-state index contributed by atoms with van der Waals surface area (Å²) in [5, 5.41) is 11.4. The van der Waals surface area contributed by atoms with Gasteiger partial charge in [0.25, 0.3) is 0 Å². The van der Waals surface area contributed by atoms with Crippen molar-refractivity contribution in [2.24, 2.45) is 0 Å². The molecule has 0 aromatic carbocycles. The van der Waals surface area contributed by atoms with Crippen LogP contribution in [0, 0.1) is 0 Å². The molecule has 1 aromatic heterocycles. The van der Waals surface area contributed by atoms with Crippen LogP contribution in [-0.2, 0) is 11.8 Å². The van der Waals surface area contributed by atoms with Gasteiger partial charge in [0.05, 0.1) is 0 Å². The van der Waals surface area contributed by atoms with Crippen LogP contribution in [0.1, 0.15) is 45.9 Å². The van der Waals surface area contributed by atoms with Crippen molar-refractivity contribution in [3.63, 3.8) is 0 Å². The summed E-state index contributed by atoms with van der Waals surface area (Å²) in [6, 6.07) is 0. The highest BCUT2D eigenvalue weighted by Gasteiger charge is 2.20. The monoisotopic (exact) mass is 211 g/mol. The van der Waals surface area contributed by atoms with Gasteiger partial charge in [-0.05, 0) is 19.5 Å². The lowest BCUT2D eigenvalue weighted by atomic mass is 9.97. The maximum absolute atomic E-state index is 5.58. The summed E-state index contributed by atoms with van der Waals surface area (Å²) in [5.41, 5.74) is -0.0487. The molecule has 0 amide bonds. The molecule has 4 heteroatoms. The molecule has 1 N–H and O–H groups in total. The molecule has 4 nitrogen and oxygen atoms in total. The van der Waals surface area contributed by atoms with Crippen molar-refractivity contribution in [1.29, 1.82) is 0 Å². The van der Waals surface area contributed by atoms with Gasteiger partial charge in [-0.15, -0.1) is 10.2 Å². The number of nitrogens with one attached hydrogen (secondary N) is 1. The fourth-order valence-electron chi connectivity index (χ4n) is 1.20. The Bertz CT molecular complexity index is 288. The normalized spacial score (nSPS) is 12.0. The number of aryl methyl sites for hydroxylation is 1. The van der Waals surface area contributed by atoms with E-state index >= 15 is 0 Å². The van der Waals surface area contributed by atoms with E-state index in [1.165, 1.54) is 0 Å². The van der Waals surface area contributed by atoms with Gasteiger partial charge in [-0.1, -0.05) is 27.7 Å². The average Bonchev–Trinajstić information content (AvgIpc) is 2.60. The predicted octanol–water partition coefficient (Wildman–Crippen LogP) is 1.91. The predicted molar refractivity (Wildman–Crippen MR) is 59.9 cm³/mol. The van der Waals surface area contributed by atoms with Crippen LogP contribution in [-0.4, -0.2) is 23.3 Å². The topological polar surface area (TPSA) is 51.0 Å². The Morgan fingerprint density at radius 3 is 2.53 bits per heavy atom. The third-order valence-corrected chi connectivity index (χ3v) is 2.10. The quantitative estimate of drug-likeness (QED) is 0.756. The van der Waals surface area contributed by atoms with Gasteiger partial charge in [0.15, 0.2) is 0 Å². The molecule has 0 fully saturated rings. The third-order valence-electron chi connectivity index (χ3n) is 2.10. The van der Waals surface area contributed by atoms with Crippen molar-refractivity contribution in [2.45, 2.75) is 46.0 Å². The van der Waals surface area contributed by atoms with Crippen LogP contribution in [0.25, 0.3) is 0 Å². The molecule has 15 heavy (non-hydrogen) atoms. The largest absolute Gasteiger partial charge is 0.425 e. The Kier molecular flexibility index (Phi) is 4.27. The lowest BCUT2D eigenvalue weighted by Crippen LogP contribution is -2.14. The summed E-state index contributed by atoms with van der Waals surface area (Å²) in [6.45, 7) is 10.3. The van der Waals surface area contributed by atoms with Gasteiger partial charge in [-0.25, -0.2) is 0 Å². The summed E-state index contributed by atoms with van der Waals surface area (Å²) in [6.07, 6.45) is 1.90. The molecule has 1 aromatic rings. The van der Waals surface area contributed by atoms with Crippen LogP contribution in [0.3, 0.4) is 0 Å². The molecule has 0 atom stereocenters. The van der Waals surface area contributed by atoms with E-state index in [0.717, 1.165) is 37.7 Å². The molecule has 0 bridgehead atoms. The molecule has 0 saturated carbocycles. The molecule has 0 aliphatic heterocycles. The first kappa shape index (κ1) is 12.2. The third kappa shape index (κ3) is 4.00. The number of hydrogen-bond donors (Lipinski definition) is 1. The zero-order valence-corrected chi connectivity index (χ0v) is 10.1. The van der Waals surface area contributed by atoms with E-state index in [-0.39, 0.29) is 5.41 Å². The van der Waals surface area contributed by atoms with E-state index in [2.05, 4.69) is 43.2 Å². The first-order valence-corrected chi connectivity index (χ1v) is 5.57. The van der Waals surface area contributed by atoms with Gasteiger partial charge in [-0.3, -0.25) is 0 Å². The van der Waals surface area contributed by atoms with E-state index in [0.29, 0.717) is 0 Å². The SMILES string of the molecule is CCNCCCc1nnc(C(C)(C)C)o1. The van der Waals surface area contributed by atoms with Crippen molar-refractivity contribution in [2.75, 3.05) is 13.1 Å². The van der Waals surface area contributed by atoms with E-state index in [1.807, 2.05) is 0 Å². The minimum atomic E-state index is -0.0487. The minimum absolute atomic E-state index is 0.0487. The Balaban J connectivity index is 2.40. The van der Waals surface area contributed by atoms with Crippen LogP contribution >= 0.6 is 0 Å². The molecular weight excluding hydrogens is 190 g/mol. The Labute approximate surface area is 91.5 Å². The fraction of sp³-hybridized carbons (Fsp3) is 0.818. The number of hydrogen-bond acceptors (Lipinski definition) is 4. The highest BCUT2D eigenvalue weighted by atomic mass is 16.4. The minimum Gasteiger partial charge on any atom is -0.425 e. The molecule has 86 valence electrons. The highest BCUT2D eigenvalue weighted by molar-refractivity contribution is 4.96. The first-order chi connectivity index (χ1) is 7.04. The van der Waals surface area contributed by atoms with Crippen molar-refractivity contribution < 1.29 is 4.42 Å². The second-order valence-electron chi connectivity index (χ2n) is 4.71. The number of nitrogens with zero attached hydrogens (tertiary/aromatic N) is 2. The molecule has 1 heterocycles. The maximum Gasteiger partial charge on any atom is 0.221 e. The van der Waals surface area contributed by atoms with Gasteiger partial charge >= 0.3 is 0 Å².